The molecule has 2 heteroatoms. The molecule has 13 aromatic rings. The molecule has 1 heterocycles. The van der Waals surface area contributed by atoms with E-state index in [1.807, 2.05) is 0 Å². The number of nitrogens with zero attached hydrogens (tertiary/aromatic N) is 2. The zero-order valence-electron chi connectivity index (χ0n) is 37.3. The average Bonchev–Trinajstić information content (AvgIpc) is 3.76. The van der Waals surface area contributed by atoms with Gasteiger partial charge in [0.2, 0.25) is 0 Å². The number of rotatable bonds is 8. The fourth-order valence-corrected chi connectivity index (χ4v) is 10.3. The Hall–Kier alpha value is -8.98. The normalized spacial score (nSPS) is 11.5. The van der Waals surface area contributed by atoms with Crippen molar-refractivity contribution in [3.8, 4) is 50.2 Å². The summed E-state index contributed by atoms with van der Waals surface area (Å²) >= 11 is 0. The van der Waals surface area contributed by atoms with Crippen molar-refractivity contribution in [2.45, 2.75) is 0 Å². The van der Waals surface area contributed by atoms with Crippen LogP contribution in [0.15, 0.2) is 267 Å². The van der Waals surface area contributed by atoms with Crippen molar-refractivity contribution in [1.29, 1.82) is 0 Å². The van der Waals surface area contributed by atoms with Crippen molar-refractivity contribution in [2.24, 2.45) is 0 Å². The second-order valence-electron chi connectivity index (χ2n) is 17.7. The molecule has 0 saturated heterocycles. The van der Waals surface area contributed by atoms with Gasteiger partial charge in [-0.3, -0.25) is 0 Å². The van der Waals surface area contributed by atoms with Gasteiger partial charge in [-0.2, -0.15) is 0 Å². The first kappa shape index (κ1) is 39.4. The van der Waals surface area contributed by atoms with Crippen LogP contribution in [0.1, 0.15) is 0 Å². The lowest BCUT2D eigenvalue weighted by molar-refractivity contribution is 1.19. The summed E-state index contributed by atoms with van der Waals surface area (Å²) in [5, 5.41) is 9.98. The van der Waals surface area contributed by atoms with Crippen LogP contribution in [0.4, 0.5) is 17.1 Å². The fourth-order valence-electron chi connectivity index (χ4n) is 10.3. The van der Waals surface area contributed by atoms with E-state index >= 15 is 0 Å². The van der Waals surface area contributed by atoms with E-state index in [-0.39, 0.29) is 0 Å². The third kappa shape index (κ3) is 6.90. The maximum atomic E-state index is 2.44. The molecule has 0 amide bonds. The smallest absolute Gasteiger partial charge is 0.0619 e. The lowest BCUT2D eigenvalue weighted by Gasteiger charge is -2.26. The van der Waals surface area contributed by atoms with Gasteiger partial charge < -0.3 is 9.47 Å². The zero-order chi connectivity index (χ0) is 45.0. The number of hydrogen-bond acceptors (Lipinski definition) is 1. The van der Waals surface area contributed by atoms with Crippen LogP contribution in [0.25, 0.3) is 104 Å². The first-order chi connectivity index (χ1) is 33.7. The van der Waals surface area contributed by atoms with Crippen molar-refractivity contribution in [2.75, 3.05) is 4.90 Å². The highest BCUT2D eigenvalue weighted by Crippen LogP contribution is 2.41. The van der Waals surface area contributed by atoms with Crippen LogP contribution in [0.3, 0.4) is 0 Å². The number of hydrogen-bond donors (Lipinski definition) is 0. The number of aromatic nitrogens is 1. The van der Waals surface area contributed by atoms with Gasteiger partial charge in [0.1, 0.15) is 0 Å². The monoisotopic (exact) mass is 864 g/mol. The van der Waals surface area contributed by atoms with E-state index in [1.54, 1.807) is 0 Å². The molecular formula is C66H44N2. The molecule has 0 bridgehead atoms. The molecule has 68 heavy (non-hydrogen) atoms. The first-order valence-electron chi connectivity index (χ1n) is 23.4. The molecule has 12 aromatic carbocycles. The van der Waals surface area contributed by atoms with Crippen molar-refractivity contribution in [3.05, 3.63) is 267 Å². The van der Waals surface area contributed by atoms with Crippen LogP contribution in [0.5, 0.6) is 0 Å². The summed E-state index contributed by atoms with van der Waals surface area (Å²) in [4.78, 5) is 2.37. The zero-order valence-corrected chi connectivity index (χ0v) is 37.3. The second-order valence-corrected chi connectivity index (χ2v) is 17.7. The summed E-state index contributed by atoms with van der Waals surface area (Å²) in [6.45, 7) is 0. The van der Waals surface area contributed by atoms with Gasteiger partial charge in [-0.1, -0.05) is 200 Å². The minimum Gasteiger partial charge on any atom is -0.311 e. The Morgan fingerprint density at radius 1 is 0.250 bits per heavy atom. The minimum absolute atomic E-state index is 1.09. The molecule has 1 aromatic heterocycles. The van der Waals surface area contributed by atoms with E-state index in [0.717, 1.165) is 22.7 Å². The van der Waals surface area contributed by atoms with Crippen LogP contribution in [0, 0.1) is 0 Å². The summed E-state index contributed by atoms with van der Waals surface area (Å²) in [5.74, 6) is 0. The number of para-hydroxylation sites is 1. The predicted octanol–water partition coefficient (Wildman–Crippen LogP) is 18.4. The Labute approximate surface area is 395 Å². The topological polar surface area (TPSA) is 8.17 Å². The Kier molecular flexibility index (Phi) is 9.54. The predicted molar refractivity (Wildman–Crippen MR) is 290 cm³/mol. The Balaban J connectivity index is 0.894. The van der Waals surface area contributed by atoms with E-state index in [1.165, 1.54) is 98.6 Å². The Morgan fingerprint density at radius 3 is 1.40 bits per heavy atom. The molecule has 0 fully saturated rings. The quantitative estimate of drug-likeness (QED) is 0.148. The van der Waals surface area contributed by atoms with Gasteiger partial charge in [0.25, 0.3) is 0 Å². The summed E-state index contributed by atoms with van der Waals surface area (Å²) in [6, 6.07) is 97.4. The maximum absolute atomic E-state index is 2.44. The highest BCUT2D eigenvalue weighted by Gasteiger charge is 2.18. The van der Waals surface area contributed by atoms with Gasteiger partial charge in [-0.25, -0.2) is 0 Å². The van der Waals surface area contributed by atoms with E-state index in [9.17, 15) is 0 Å². The molecular weight excluding hydrogens is 821 g/mol. The molecule has 0 aliphatic rings. The van der Waals surface area contributed by atoms with Gasteiger partial charge in [-0.05, 0) is 138 Å². The third-order valence-corrected chi connectivity index (χ3v) is 13.8. The van der Waals surface area contributed by atoms with Gasteiger partial charge in [0, 0.05) is 38.9 Å². The molecule has 0 aliphatic carbocycles. The summed E-state index contributed by atoms with van der Waals surface area (Å²) in [5.41, 5.74) is 16.4. The Bertz CT molecular complexity index is 3980. The van der Waals surface area contributed by atoms with Crippen LogP contribution < -0.4 is 4.90 Å². The highest BCUT2D eigenvalue weighted by atomic mass is 15.1. The van der Waals surface area contributed by atoms with Crippen LogP contribution in [-0.4, -0.2) is 4.57 Å². The molecule has 0 atom stereocenters. The van der Waals surface area contributed by atoms with E-state index in [4.69, 9.17) is 0 Å². The van der Waals surface area contributed by atoms with Gasteiger partial charge >= 0.3 is 0 Å². The molecule has 0 saturated carbocycles. The minimum atomic E-state index is 1.09. The highest BCUT2D eigenvalue weighted by molar-refractivity contribution is 6.19. The molecule has 318 valence electrons. The van der Waals surface area contributed by atoms with Gasteiger partial charge in [0.05, 0.1) is 11.0 Å². The second kappa shape index (κ2) is 16.5. The molecule has 0 unspecified atom stereocenters. The molecule has 13 rings (SSSR count). The lowest BCUT2D eigenvalue weighted by atomic mass is 9.95. The number of benzene rings is 12. The Morgan fingerprint density at radius 2 is 0.721 bits per heavy atom. The summed E-state index contributed by atoms with van der Waals surface area (Å²) in [6.07, 6.45) is 0. The van der Waals surface area contributed by atoms with E-state index in [0.29, 0.717) is 0 Å². The lowest BCUT2D eigenvalue weighted by Crippen LogP contribution is -2.09. The van der Waals surface area contributed by atoms with Gasteiger partial charge in [-0.15, -0.1) is 0 Å². The largest absolute Gasteiger partial charge is 0.311 e. The first-order valence-corrected chi connectivity index (χ1v) is 23.4. The maximum Gasteiger partial charge on any atom is 0.0619 e. The van der Waals surface area contributed by atoms with E-state index in [2.05, 4.69) is 276 Å². The standard InChI is InChI=1S/C66H44N2/c1-3-13-49(14-4-1)60-21-11-17-51-23-25-54(43-64(51)60)47-28-36-58(37-29-47)67(57-34-26-46(27-35-57)53-24-22-45-12-7-8-16-52(45)42-53)59-38-30-48(31-39-59)55-33-40-62-63-41-32-50-15-9-10-20-61(50)66(63)68(65(62)44-55)56-18-5-2-6-19-56/h1-44H. The summed E-state index contributed by atoms with van der Waals surface area (Å²) in [7, 11) is 0. The number of fused-ring (bicyclic) bond motifs is 7. The van der Waals surface area contributed by atoms with Crippen LogP contribution in [0.2, 0.25) is 0 Å². The third-order valence-electron chi connectivity index (χ3n) is 13.8. The number of anilines is 3. The van der Waals surface area contributed by atoms with Crippen LogP contribution in [-0.2, 0) is 0 Å². The van der Waals surface area contributed by atoms with Crippen molar-refractivity contribution >= 4 is 71.2 Å². The summed E-state index contributed by atoms with van der Waals surface area (Å²) < 4.78 is 2.44. The fraction of sp³-hybridized carbons (Fsp3) is 0. The van der Waals surface area contributed by atoms with Gasteiger partial charge in [0.15, 0.2) is 0 Å². The van der Waals surface area contributed by atoms with Crippen molar-refractivity contribution in [1.82, 2.24) is 4.57 Å². The average molecular weight is 865 g/mol. The van der Waals surface area contributed by atoms with Crippen molar-refractivity contribution in [3.63, 3.8) is 0 Å². The molecule has 0 N–H and O–H groups in total. The van der Waals surface area contributed by atoms with E-state index < -0.39 is 0 Å². The molecule has 2 nitrogen and oxygen atoms in total. The molecule has 0 radical (unpaired) electrons. The van der Waals surface area contributed by atoms with Crippen molar-refractivity contribution < 1.29 is 0 Å². The molecule has 0 spiro atoms. The van der Waals surface area contributed by atoms with Crippen LogP contribution >= 0.6 is 0 Å². The molecule has 0 aliphatic heterocycles. The SMILES string of the molecule is c1ccc(-c2cccc3ccc(-c4ccc(N(c5ccc(-c6ccc7ccccc7c6)cc5)c5ccc(-c6ccc7c8ccc9ccccc9c8n(-c8ccccc8)c7c6)cc5)cc4)cc23)cc1.